The SMILES string of the molecule is COc1ccc(CCNc2ccc(Cc3ccc(NC(=O)C4CC4(C)C)cc3)cc2)cc1. The van der Waals surface area contributed by atoms with Crippen molar-refractivity contribution < 1.29 is 9.53 Å². The zero-order valence-corrected chi connectivity index (χ0v) is 19.2. The topological polar surface area (TPSA) is 50.4 Å². The normalized spacial score (nSPS) is 16.3. The molecule has 166 valence electrons. The van der Waals surface area contributed by atoms with E-state index in [1.165, 1.54) is 16.7 Å². The average molecular weight is 429 g/mol. The Hall–Kier alpha value is -3.27. The summed E-state index contributed by atoms with van der Waals surface area (Å²) in [5, 5.41) is 6.53. The van der Waals surface area contributed by atoms with Gasteiger partial charge in [-0.25, -0.2) is 0 Å². The Bertz CT molecular complexity index is 1040. The van der Waals surface area contributed by atoms with Gasteiger partial charge in [-0.3, -0.25) is 4.79 Å². The van der Waals surface area contributed by atoms with Crippen molar-refractivity contribution in [3.8, 4) is 5.75 Å². The number of methoxy groups -OCH3 is 1. The van der Waals surface area contributed by atoms with E-state index in [1.807, 2.05) is 24.3 Å². The Morgan fingerprint density at radius 1 is 0.875 bits per heavy atom. The molecule has 0 heterocycles. The molecule has 1 saturated carbocycles. The fourth-order valence-electron chi connectivity index (χ4n) is 3.97. The minimum absolute atomic E-state index is 0.137. The van der Waals surface area contributed by atoms with Crippen LogP contribution in [0.5, 0.6) is 5.75 Å². The monoisotopic (exact) mass is 428 g/mol. The van der Waals surface area contributed by atoms with Gasteiger partial charge in [-0.2, -0.15) is 0 Å². The summed E-state index contributed by atoms with van der Waals surface area (Å²) in [6.45, 7) is 5.17. The van der Waals surface area contributed by atoms with E-state index in [2.05, 4.69) is 73.0 Å². The quantitative estimate of drug-likeness (QED) is 0.444. The van der Waals surface area contributed by atoms with Gasteiger partial charge in [0.1, 0.15) is 5.75 Å². The summed E-state index contributed by atoms with van der Waals surface area (Å²) in [6.07, 6.45) is 2.81. The van der Waals surface area contributed by atoms with Crippen LogP contribution in [0.25, 0.3) is 0 Å². The number of amides is 1. The van der Waals surface area contributed by atoms with Crippen LogP contribution in [0.15, 0.2) is 72.8 Å². The highest BCUT2D eigenvalue weighted by molar-refractivity contribution is 5.94. The minimum atomic E-state index is 0.137. The third-order valence-electron chi connectivity index (χ3n) is 6.32. The summed E-state index contributed by atoms with van der Waals surface area (Å²) >= 11 is 0. The molecule has 0 aliphatic heterocycles. The molecule has 3 aromatic rings. The Morgan fingerprint density at radius 3 is 1.94 bits per heavy atom. The first-order chi connectivity index (χ1) is 15.4. The standard InChI is InChI=1S/C28H32N2O2/c1-28(2)19-26(28)27(31)30-24-12-6-22(7-13-24)18-21-4-10-23(11-5-21)29-17-16-20-8-14-25(32-3)15-9-20/h4-15,26,29H,16-19H2,1-3H3,(H,30,31). The lowest BCUT2D eigenvalue weighted by Crippen LogP contribution is -2.16. The molecule has 1 unspecified atom stereocenters. The Kier molecular flexibility index (Phi) is 6.50. The maximum atomic E-state index is 12.3. The van der Waals surface area contributed by atoms with E-state index >= 15 is 0 Å². The molecule has 0 aromatic heterocycles. The molecule has 4 rings (SSSR count). The number of carbonyl (C=O) groups excluding carboxylic acids is 1. The number of benzene rings is 3. The molecule has 32 heavy (non-hydrogen) atoms. The van der Waals surface area contributed by atoms with Gasteiger partial charge < -0.3 is 15.4 Å². The van der Waals surface area contributed by atoms with Crippen LogP contribution in [0.3, 0.4) is 0 Å². The maximum Gasteiger partial charge on any atom is 0.228 e. The van der Waals surface area contributed by atoms with Crippen molar-refractivity contribution in [1.29, 1.82) is 0 Å². The molecule has 0 bridgehead atoms. The molecule has 1 fully saturated rings. The number of hydrogen-bond donors (Lipinski definition) is 2. The second kappa shape index (κ2) is 9.47. The molecule has 0 spiro atoms. The van der Waals surface area contributed by atoms with Gasteiger partial charge in [-0.1, -0.05) is 50.2 Å². The number of ether oxygens (including phenoxy) is 1. The Balaban J connectivity index is 1.23. The van der Waals surface area contributed by atoms with E-state index in [0.717, 1.165) is 42.9 Å². The third kappa shape index (κ3) is 5.70. The van der Waals surface area contributed by atoms with E-state index in [1.54, 1.807) is 7.11 Å². The molecule has 0 radical (unpaired) electrons. The summed E-state index contributed by atoms with van der Waals surface area (Å²) in [5.74, 6) is 1.17. The van der Waals surface area contributed by atoms with Crippen LogP contribution in [0.4, 0.5) is 11.4 Å². The smallest absolute Gasteiger partial charge is 0.228 e. The second-order valence-electron chi connectivity index (χ2n) is 9.33. The highest BCUT2D eigenvalue weighted by Crippen LogP contribution is 2.51. The number of rotatable bonds is 9. The van der Waals surface area contributed by atoms with E-state index in [0.29, 0.717) is 0 Å². The molecule has 3 aromatic carbocycles. The Labute approximate surface area is 191 Å². The predicted molar refractivity (Wildman–Crippen MR) is 131 cm³/mol. The van der Waals surface area contributed by atoms with E-state index in [4.69, 9.17) is 4.74 Å². The second-order valence-corrected chi connectivity index (χ2v) is 9.33. The van der Waals surface area contributed by atoms with Crippen molar-refractivity contribution in [3.05, 3.63) is 89.5 Å². The third-order valence-corrected chi connectivity index (χ3v) is 6.32. The predicted octanol–water partition coefficient (Wildman–Crippen LogP) is 5.93. The van der Waals surface area contributed by atoms with E-state index in [-0.39, 0.29) is 17.2 Å². The minimum Gasteiger partial charge on any atom is -0.497 e. The summed E-state index contributed by atoms with van der Waals surface area (Å²) in [7, 11) is 1.69. The van der Waals surface area contributed by atoms with Crippen LogP contribution in [0.1, 0.15) is 37.0 Å². The lowest BCUT2D eigenvalue weighted by Gasteiger charge is -2.09. The molecule has 1 aliphatic rings. The van der Waals surface area contributed by atoms with Gasteiger partial charge in [0.15, 0.2) is 0 Å². The molecule has 2 N–H and O–H groups in total. The van der Waals surface area contributed by atoms with Gasteiger partial charge in [0.2, 0.25) is 5.91 Å². The maximum absolute atomic E-state index is 12.3. The van der Waals surface area contributed by atoms with Crippen LogP contribution in [0, 0.1) is 11.3 Å². The molecular weight excluding hydrogens is 396 g/mol. The lowest BCUT2D eigenvalue weighted by molar-refractivity contribution is -0.118. The first kappa shape index (κ1) is 21.9. The summed E-state index contributed by atoms with van der Waals surface area (Å²) < 4.78 is 5.20. The van der Waals surface area contributed by atoms with Gasteiger partial charge >= 0.3 is 0 Å². The number of nitrogens with one attached hydrogen (secondary N) is 2. The summed E-state index contributed by atoms with van der Waals surface area (Å²) in [6, 6.07) is 25.0. The highest BCUT2D eigenvalue weighted by Gasteiger charge is 2.50. The van der Waals surface area contributed by atoms with Crippen LogP contribution >= 0.6 is 0 Å². The van der Waals surface area contributed by atoms with Gasteiger partial charge in [0.25, 0.3) is 0 Å². The summed E-state index contributed by atoms with van der Waals surface area (Å²) in [5.41, 5.74) is 5.94. The first-order valence-electron chi connectivity index (χ1n) is 11.3. The molecule has 4 heteroatoms. The molecule has 1 aliphatic carbocycles. The fourth-order valence-corrected chi connectivity index (χ4v) is 3.97. The van der Waals surface area contributed by atoms with E-state index < -0.39 is 0 Å². The molecular formula is C28H32N2O2. The van der Waals surface area contributed by atoms with Crippen LogP contribution < -0.4 is 15.4 Å². The van der Waals surface area contributed by atoms with Crippen molar-refractivity contribution in [2.75, 3.05) is 24.3 Å². The molecule has 1 atom stereocenters. The molecule has 1 amide bonds. The largest absolute Gasteiger partial charge is 0.497 e. The van der Waals surface area contributed by atoms with Crippen molar-refractivity contribution >= 4 is 17.3 Å². The zero-order valence-electron chi connectivity index (χ0n) is 19.2. The van der Waals surface area contributed by atoms with Gasteiger partial charge in [0.05, 0.1) is 7.11 Å². The Morgan fingerprint density at radius 2 is 1.41 bits per heavy atom. The molecule has 4 nitrogen and oxygen atoms in total. The van der Waals surface area contributed by atoms with Crippen molar-refractivity contribution in [2.24, 2.45) is 11.3 Å². The van der Waals surface area contributed by atoms with Crippen molar-refractivity contribution in [3.63, 3.8) is 0 Å². The van der Waals surface area contributed by atoms with Crippen LogP contribution in [0.2, 0.25) is 0 Å². The average Bonchev–Trinajstić information content (AvgIpc) is 3.45. The fraction of sp³-hybridized carbons (Fsp3) is 0.321. The number of anilines is 2. The summed E-state index contributed by atoms with van der Waals surface area (Å²) in [4.78, 5) is 12.3. The van der Waals surface area contributed by atoms with Crippen molar-refractivity contribution in [1.82, 2.24) is 0 Å². The van der Waals surface area contributed by atoms with Gasteiger partial charge in [0, 0.05) is 23.8 Å². The van der Waals surface area contributed by atoms with Gasteiger partial charge in [-0.05, 0) is 77.8 Å². The lowest BCUT2D eigenvalue weighted by atomic mass is 10.0. The number of hydrogen-bond acceptors (Lipinski definition) is 3. The van der Waals surface area contributed by atoms with Crippen LogP contribution in [-0.2, 0) is 17.6 Å². The molecule has 0 saturated heterocycles. The highest BCUT2D eigenvalue weighted by atomic mass is 16.5. The van der Waals surface area contributed by atoms with E-state index in [9.17, 15) is 4.79 Å². The van der Waals surface area contributed by atoms with Crippen molar-refractivity contribution in [2.45, 2.75) is 33.1 Å². The van der Waals surface area contributed by atoms with Gasteiger partial charge in [-0.15, -0.1) is 0 Å². The number of carbonyl (C=O) groups is 1. The zero-order chi connectivity index (χ0) is 22.6. The first-order valence-corrected chi connectivity index (χ1v) is 11.3. The van der Waals surface area contributed by atoms with Crippen LogP contribution in [-0.4, -0.2) is 19.6 Å².